The zero-order valence-corrected chi connectivity index (χ0v) is 14.4. The van der Waals surface area contributed by atoms with Crippen LogP contribution in [0.15, 0.2) is 47.5 Å². The number of nitrogens with zero attached hydrogens (tertiary/aromatic N) is 1. The molecule has 0 unspecified atom stereocenters. The third-order valence-electron chi connectivity index (χ3n) is 3.90. The number of nitrogens with one attached hydrogen (secondary N) is 2. The highest BCUT2D eigenvalue weighted by atomic mass is 32.2. The van der Waals surface area contributed by atoms with E-state index in [4.69, 9.17) is 5.14 Å². The van der Waals surface area contributed by atoms with Gasteiger partial charge in [0.1, 0.15) is 5.69 Å². The molecular formula is C17H20N4O3S. The zero-order valence-electron chi connectivity index (χ0n) is 13.6. The first kappa shape index (κ1) is 17.4. The summed E-state index contributed by atoms with van der Waals surface area (Å²) in [5.41, 5.74) is 2.20. The molecule has 1 aliphatic carbocycles. The van der Waals surface area contributed by atoms with E-state index < -0.39 is 10.0 Å². The highest BCUT2D eigenvalue weighted by Crippen LogP contribution is 2.19. The summed E-state index contributed by atoms with van der Waals surface area (Å²) in [6.07, 6.45) is 4.38. The molecule has 0 radical (unpaired) electrons. The Morgan fingerprint density at radius 3 is 2.56 bits per heavy atom. The van der Waals surface area contributed by atoms with Crippen molar-refractivity contribution >= 4 is 21.6 Å². The van der Waals surface area contributed by atoms with E-state index in [1.54, 1.807) is 30.5 Å². The largest absolute Gasteiger partial charge is 0.385 e. The lowest BCUT2D eigenvalue weighted by atomic mass is 10.1. The van der Waals surface area contributed by atoms with Crippen LogP contribution in [0.5, 0.6) is 0 Å². The Morgan fingerprint density at radius 2 is 1.92 bits per heavy atom. The van der Waals surface area contributed by atoms with Crippen molar-refractivity contribution in [2.45, 2.75) is 30.2 Å². The number of aromatic nitrogens is 1. The number of sulfonamides is 1. The smallest absolute Gasteiger partial charge is 0.270 e. The van der Waals surface area contributed by atoms with Gasteiger partial charge in [-0.15, -0.1) is 0 Å². The van der Waals surface area contributed by atoms with Crippen LogP contribution in [0.2, 0.25) is 0 Å². The first-order valence-corrected chi connectivity index (χ1v) is 9.59. The van der Waals surface area contributed by atoms with Crippen molar-refractivity contribution in [3.8, 4) is 0 Å². The van der Waals surface area contributed by atoms with Crippen molar-refractivity contribution < 1.29 is 13.2 Å². The highest BCUT2D eigenvalue weighted by molar-refractivity contribution is 7.89. The molecule has 0 atom stereocenters. The minimum absolute atomic E-state index is 0.102. The van der Waals surface area contributed by atoms with Gasteiger partial charge in [-0.05, 0) is 49.1 Å². The van der Waals surface area contributed by atoms with Gasteiger partial charge < -0.3 is 10.6 Å². The van der Waals surface area contributed by atoms with Crippen molar-refractivity contribution in [2.75, 3.05) is 11.9 Å². The van der Waals surface area contributed by atoms with Crippen LogP contribution in [0, 0.1) is 0 Å². The van der Waals surface area contributed by atoms with E-state index in [1.165, 1.54) is 12.1 Å². The number of hydrogen-bond donors (Lipinski definition) is 3. The van der Waals surface area contributed by atoms with Gasteiger partial charge in [-0.1, -0.05) is 12.1 Å². The van der Waals surface area contributed by atoms with Crippen molar-refractivity contribution in [3.05, 3.63) is 53.9 Å². The topological polar surface area (TPSA) is 114 Å². The van der Waals surface area contributed by atoms with Gasteiger partial charge in [0.25, 0.3) is 5.91 Å². The zero-order chi connectivity index (χ0) is 17.9. The fraction of sp³-hybridized carbons (Fsp3) is 0.294. The molecule has 1 aromatic heterocycles. The summed E-state index contributed by atoms with van der Waals surface area (Å²) in [4.78, 5) is 16.2. The maximum absolute atomic E-state index is 12.0. The molecule has 0 aliphatic heterocycles. The summed E-state index contributed by atoms with van der Waals surface area (Å²) in [5.74, 6) is -0.148. The number of rotatable bonds is 7. The Bertz CT molecular complexity index is 862. The number of primary sulfonamides is 1. The van der Waals surface area contributed by atoms with Crippen molar-refractivity contribution in [1.82, 2.24) is 10.3 Å². The van der Waals surface area contributed by atoms with Gasteiger partial charge in [-0.3, -0.25) is 9.78 Å². The molecule has 7 nitrogen and oxygen atoms in total. The molecule has 1 saturated carbocycles. The minimum Gasteiger partial charge on any atom is -0.385 e. The average Bonchev–Trinajstić information content (AvgIpc) is 3.39. The second-order valence-corrected chi connectivity index (χ2v) is 7.60. The van der Waals surface area contributed by atoms with E-state index in [1.807, 2.05) is 0 Å². The van der Waals surface area contributed by atoms with Gasteiger partial charge in [-0.2, -0.15) is 0 Å². The monoisotopic (exact) mass is 360 g/mol. The predicted molar refractivity (Wildman–Crippen MR) is 94.7 cm³/mol. The van der Waals surface area contributed by atoms with Gasteiger partial charge in [0.05, 0.1) is 4.90 Å². The molecule has 4 N–H and O–H groups in total. The number of hydrogen-bond acceptors (Lipinski definition) is 5. The van der Waals surface area contributed by atoms with E-state index in [2.05, 4.69) is 15.6 Å². The Morgan fingerprint density at radius 1 is 1.20 bits per heavy atom. The molecule has 8 heteroatoms. The number of carbonyl (C=O) groups excluding carboxylic acids is 1. The Kier molecular flexibility index (Phi) is 5.00. The Balaban J connectivity index is 1.54. The molecule has 0 bridgehead atoms. The lowest BCUT2D eigenvalue weighted by Crippen LogP contribution is -2.26. The second-order valence-electron chi connectivity index (χ2n) is 6.04. The first-order valence-electron chi connectivity index (χ1n) is 8.04. The van der Waals surface area contributed by atoms with Gasteiger partial charge in [0, 0.05) is 24.5 Å². The standard InChI is InChI=1S/C17H20N4O3S/c18-25(23,24)15-5-1-12(2-6-15)7-9-19-14-8-10-20-16(11-14)17(22)21-13-3-4-13/h1-2,5-6,8,10-11,13H,3-4,7,9H2,(H,19,20)(H,21,22)(H2,18,23,24). The molecule has 2 aromatic rings. The first-order chi connectivity index (χ1) is 11.9. The van der Waals surface area contributed by atoms with E-state index >= 15 is 0 Å². The molecule has 132 valence electrons. The van der Waals surface area contributed by atoms with Crippen LogP contribution in [-0.2, 0) is 16.4 Å². The van der Waals surface area contributed by atoms with Crippen LogP contribution in [-0.4, -0.2) is 31.9 Å². The fourth-order valence-corrected chi connectivity index (χ4v) is 2.86. The summed E-state index contributed by atoms with van der Waals surface area (Å²) < 4.78 is 22.5. The number of nitrogens with two attached hydrogens (primary N) is 1. The van der Waals surface area contributed by atoms with E-state index in [9.17, 15) is 13.2 Å². The van der Waals surface area contributed by atoms with Crippen LogP contribution in [0.3, 0.4) is 0 Å². The SMILES string of the molecule is NS(=O)(=O)c1ccc(CCNc2ccnc(C(=O)NC3CC3)c2)cc1. The Labute approximate surface area is 146 Å². The second kappa shape index (κ2) is 7.20. The van der Waals surface area contributed by atoms with Crippen LogP contribution in [0.4, 0.5) is 5.69 Å². The van der Waals surface area contributed by atoms with Crippen molar-refractivity contribution in [3.63, 3.8) is 0 Å². The third kappa shape index (κ3) is 5.01. The average molecular weight is 360 g/mol. The summed E-state index contributed by atoms with van der Waals surface area (Å²) >= 11 is 0. The van der Waals surface area contributed by atoms with Crippen LogP contribution >= 0.6 is 0 Å². The van der Waals surface area contributed by atoms with Gasteiger partial charge in [-0.25, -0.2) is 13.6 Å². The van der Waals surface area contributed by atoms with Gasteiger partial charge in [0.15, 0.2) is 0 Å². The van der Waals surface area contributed by atoms with E-state index in [0.717, 1.165) is 24.1 Å². The van der Waals surface area contributed by atoms with Crippen LogP contribution in [0.1, 0.15) is 28.9 Å². The molecule has 25 heavy (non-hydrogen) atoms. The highest BCUT2D eigenvalue weighted by Gasteiger charge is 2.24. The molecule has 3 rings (SSSR count). The molecule has 1 fully saturated rings. The van der Waals surface area contributed by atoms with Crippen LogP contribution < -0.4 is 15.8 Å². The quantitative estimate of drug-likeness (QED) is 0.688. The van der Waals surface area contributed by atoms with E-state index in [0.29, 0.717) is 24.7 Å². The lowest BCUT2D eigenvalue weighted by Gasteiger charge is -2.08. The molecular weight excluding hydrogens is 340 g/mol. The molecule has 0 spiro atoms. The van der Waals surface area contributed by atoms with Gasteiger partial charge in [0.2, 0.25) is 10.0 Å². The number of benzene rings is 1. The maximum atomic E-state index is 12.0. The number of pyridine rings is 1. The molecule has 1 heterocycles. The predicted octanol–water partition coefficient (Wildman–Crippen LogP) is 1.28. The summed E-state index contributed by atoms with van der Waals surface area (Å²) in [5, 5.41) is 11.2. The Hall–Kier alpha value is -2.45. The van der Waals surface area contributed by atoms with Crippen molar-refractivity contribution in [2.24, 2.45) is 5.14 Å². The third-order valence-corrected chi connectivity index (χ3v) is 4.83. The normalized spacial score (nSPS) is 14.1. The van der Waals surface area contributed by atoms with E-state index in [-0.39, 0.29) is 10.8 Å². The summed E-state index contributed by atoms with van der Waals surface area (Å²) in [6.45, 7) is 0.641. The number of anilines is 1. The number of amides is 1. The molecule has 1 aromatic carbocycles. The van der Waals surface area contributed by atoms with Crippen LogP contribution in [0.25, 0.3) is 0 Å². The lowest BCUT2D eigenvalue weighted by molar-refractivity contribution is 0.0946. The number of carbonyl (C=O) groups is 1. The molecule has 1 aliphatic rings. The van der Waals surface area contributed by atoms with Gasteiger partial charge >= 0.3 is 0 Å². The van der Waals surface area contributed by atoms with Crippen molar-refractivity contribution in [1.29, 1.82) is 0 Å². The molecule has 0 saturated heterocycles. The maximum Gasteiger partial charge on any atom is 0.270 e. The summed E-state index contributed by atoms with van der Waals surface area (Å²) in [6, 6.07) is 10.3. The molecule has 1 amide bonds. The minimum atomic E-state index is -3.66. The summed E-state index contributed by atoms with van der Waals surface area (Å²) in [7, 11) is -3.66. The fourth-order valence-electron chi connectivity index (χ4n) is 2.35.